The van der Waals surface area contributed by atoms with Crippen LogP contribution in [0.25, 0.3) is 0 Å². The van der Waals surface area contributed by atoms with Crippen LogP contribution in [0.4, 0.5) is 0 Å². The maximum atomic E-state index is 6.04. The van der Waals surface area contributed by atoms with E-state index in [4.69, 9.17) is 5.73 Å². The molecule has 92 valence electrons. The number of nitrogens with two attached hydrogens (primary N) is 1. The van der Waals surface area contributed by atoms with Crippen LogP contribution in [0, 0.1) is 0 Å². The van der Waals surface area contributed by atoms with Crippen molar-refractivity contribution >= 4 is 11.3 Å². The number of aromatic nitrogens is 1. The Labute approximate surface area is 102 Å². The zero-order valence-corrected chi connectivity index (χ0v) is 11.1. The first-order valence-corrected chi connectivity index (χ1v) is 7.04. The van der Waals surface area contributed by atoms with E-state index in [9.17, 15) is 0 Å². The molecule has 0 amide bonds. The van der Waals surface area contributed by atoms with E-state index in [0.717, 1.165) is 19.4 Å². The average Bonchev–Trinajstić information content (AvgIpc) is 2.81. The minimum atomic E-state index is 0.272. The van der Waals surface area contributed by atoms with Gasteiger partial charge < -0.3 is 11.1 Å². The van der Waals surface area contributed by atoms with Gasteiger partial charge >= 0.3 is 0 Å². The second-order valence-electron chi connectivity index (χ2n) is 4.14. The van der Waals surface area contributed by atoms with Gasteiger partial charge in [0.1, 0.15) is 5.01 Å². The quantitative estimate of drug-likeness (QED) is 0.736. The third-order valence-electron chi connectivity index (χ3n) is 2.71. The highest BCUT2D eigenvalue weighted by molar-refractivity contribution is 7.09. The van der Waals surface area contributed by atoms with Gasteiger partial charge in [-0.2, -0.15) is 0 Å². The van der Waals surface area contributed by atoms with Crippen LogP contribution in [0.2, 0.25) is 0 Å². The molecule has 3 N–H and O–H groups in total. The van der Waals surface area contributed by atoms with Gasteiger partial charge in [0.15, 0.2) is 0 Å². The first-order valence-electron chi connectivity index (χ1n) is 6.16. The Hall–Kier alpha value is -0.450. The molecule has 0 radical (unpaired) electrons. The SMILES string of the molecule is CCCCC(N)CNC(CC)c1nccs1. The lowest BCUT2D eigenvalue weighted by molar-refractivity contribution is 0.459. The summed E-state index contributed by atoms with van der Waals surface area (Å²) in [5, 5.41) is 6.70. The number of rotatable bonds is 8. The van der Waals surface area contributed by atoms with E-state index in [-0.39, 0.29) is 6.04 Å². The Morgan fingerprint density at radius 1 is 1.50 bits per heavy atom. The lowest BCUT2D eigenvalue weighted by Crippen LogP contribution is -2.35. The molecule has 2 unspecified atom stereocenters. The molecule has 0 aliphatic heterocycles. The van der Waals surface area contributed by atoms with Gasteiger partial charge in [0, 0.05) is 24.2 Å². The minimum Gasteiger partial charge on any atom is -0.327 e. The maximum Gasteiger partial charge on any atom is 0.109 e. The molecule has 16 heavy (non-hydrogen) atoms. The number of nitrogens with zero attached hydrogens (tertiary/aromatic N) is 1. The van der Waals surface area contributed by atoms with Gasteiger partial charge in [0.05, 0.1) is 6.04 Å². The highest BCUT2D eigenvalue weighted by Crippen LogP contribution is 2.18. The summed E-state index contributed by atoms with van der Waals surface area (Å²) in [6.07, 6.45) is 6.47. The Morgan fingerprint density at radius 2 is 2.31 bits per heavy atom. The van der Waals surface area contributed by atoms with Crippen LogP contribution >= 0.6 is 11.3 Å². The van der Waals surface area contributed by atoms with Crippen molar-refractivity contribution in [2.24, 2.45) is 5.73 Å². The van der Waals surface area contributed by atoms with Crippen molar-refractivity contribution in [3.63, 3.8) is 0 Å². The van der Waals surface area contributed by atoms with Gasteiger partial charge in [-0.05, 0) is 12.8 Å². The van der Waals surface area contributed by atoms with Gasteiger partial charge in [-0.15, -0.1) is 11.3 Å². The van der Waals surface area contributed by atoms with E-state index < -0.39 is 0 Å². The van der Waals surface area contributed by atoms with Gasteiger partial charge in [0.25, 0.3) is 0 Å². The Kier molecular flexibility index (Phi) is 6.61. The Morgan fingerprint density at radius 3 is 2.88 bits per heavy atom. The van der Waals surface area contributed by atoms with Crippen LogP contribution in [0.3, 0.4) is 0 Å². The largest absolute Gasteiger partial charge is 0.327 e. The zero-order valence-electron chi connectivity index (χ0n) is 10.3. The van der Waals surface area contributed by atoms with Crippen molar-refractivity contribution < 1.29 is 0 Å². The van der Waals surface area contributed by atoms with Crippen molar-refractivity contribution in [1.82, 2.24) is 10.3 Å². The van der Waals surface area contributed by atoms with E-state index in [1.54, 1.807) is 11.3 Å². The number of thiazole rings is 1. The molecule has 0 saturated heterocycles. The minimum absolute atomic E-state index is 0.272. The fraction of sp³-hybridized carbons (Fsp3) is 0.750. The molecule has 3 nitrogen and oxygen atoms in total. The summed E-state index contributed by atoms with van der Waals surface area (Å²) in [5.41, 5.74) is 6.04. The van der Waals surface area contributed by atoms with E-state index in [1.165, 1.54) is 17.8 Å². The summed E-state index contributed by atoms with van der Waals surface area (Å²) < 4.78 is 0. The highest BCUT2D eigenvalue weighted by atomic mass is 32.1. The van der Waals surface area contributed by atoms with E-state index in [2.05, 4.69) is 24.1 Å². The lowest BCUT2D eigenvalue weighted by Gasteiger charge is -2.18. The predicted molar refractivity (Wildman–Crippen MR) is 70.6 cm³/mol. The molecule has 0 bridgehead atoms. The Bertz CT molecular complexity index is 261. The van der Waals surface area contributed by atoms with Crippen molar-refractivity contribution in [2.75, 3.05) is 6.54 Å². The van der Waals surface area contributed by atoms with Crippen LogP contribution < -0.4 is 11.1 Å². The molecule has 1 aromatic rings. The van der Waals surface area contributed by atoms with Crippen LogP contribution in [0.15, 0.2) is 11.6 Å². The molecule has 1 heterocycles. The third-order valence-corrected chi connectivity index (χ3v) is 3.60. The highest BCUT2D eigenvalue weighted by Gasteiger charge is 2.12. The summed E-state index contributed by atoms with van der Waals surface area (Å²) in [7, 11) is 0. The summed E-state index contributed by atoms with van der Waals surface area (Å²) in [5.74, 6) is 0. The molecule has 2 atom stereocenters. The fourth-order valence-electron chi connectivity index (χ4n) is 1.67. The first-order chi connectivity index (χ1) is 7.77. The summed E-state index contributed by atoms with van der Waals surface area (Å²) >= 11 is 1.71. The molecule has 4 heteroatoms. The van der Waals surface area contributed by atoms with Crippen LogP contribution in [-0.4, -0.2) is 17.6 Å². The number of hydrogen-bond donors (Lipinski definition) is 2. The topological polar surface area (TPSA) is 50.9 Å². The van der Waals surface area contributed by atoms with Gasteiger partial charge in [-0.3, -0.25) is 0 Å². The lowest BCUT2D eigenvalue weighted by atomic mass is 10.1. The van der Waals surface area contributed by atoms with Crippen molar-refractivity contribution in [2.45, 2.75) is 51.6 Å². The van der Waals surface area contributed by atoms with Crippen molar-refractivity contribution in [1.29, 1.82) is 0 Å². The van der Waals surface area contributed by atoms with Gasteiger partial charge in [-0.25, -0.2) is 4.98 Å². The molecule has 0 aromatic carbocycles. The van der Waals surface area contributed by atoms with E-state index >= 15 is 0 Å². The van der Waals surface area contributed by atoms with E-state index in [1.807, 2.05) is 11.6 Å². The predicted octanol–water partition coefficient (Wildman–Crippen LogP) is 2.70. The summed E-state index contributed by atoms with van der Waals surface area (Å²) in [4.78, 5) is 4.34. The molecule has 1 aromatic heterocycles. The van der Waals surface area contributed by atoms with Crippen LogP contribution in [-0.2, 0) is 0 Å². The molecule has 0 aliphatic carbocycles. The maximum absolute atomic E-state index is 6.04. The van der Waals surface area contributed by atoms with E-state index in [0.29, 0.717) is 6.04 Å². The summed E-state index contributed by atoms with van der Waals surface area (Å²) in [6.45, 7) is 5.26. The molecule has 0 fully saturated rings. The molecular formula is C12H23N3S. The fourth-order valence-corrected chi connectivity index (χ4v) is 2.47. The third kappa shape index (κ3) is 4.60. The van der Waals surface area contributed by atoms with Crippen LogP contribution in [0.5, 0.6) is 0 Å². The number of hydrogen-bond acceptors (Lipinski definition) is 4. The smallest absolute Gasteiger partial charge is 0.109 e. The standard InChI is InChI=1S/C12H23N3S/c1-3-5-6-10(13)9-15-11(4-2)12-14-7-8-16-12/h7-8,10-11,15H,3-6,9,13H2,1-2H3. The molecule has 0 spiro atoms. The normalized spacial score (nSPS) is 14.9. The molecule has 0 saturated carbocycles. The zero-order chi connectivity index (χ0) is 11.8. The average molecular weight is 241 g/mol. The molecule has 0 aliphatic rings. The monoisotopic (exact) mass is 241 g/mol. The van der Waals surface area contributed by atoms with Crippen molar-refractivity contribution in [3.8, 4) is 0 Å². The number of nitrogens with one attached hydrogen (secondary N) is 1. The molecular weight excluding hydrogens is 218 g/mol. The summed E-state index contributed by atoms with van der Waals surface area (Å²) in [6, 6.07) is 0.640. The second kappa shape index (κ2) is 7.76. The molecule has 1 rings (SSSR count). The van der Waals surface area contributed by atoms with Gasteiger partial charge in [-0.1, -0.05) is 26.7 Å². The number of unbranched alkanes of at least 4 members (excludes halogenated alkanes) is 1. The van der Waals surface area contributed by atoms with Crippen molar-refractivity contribution in [3.05, 3.63) is 16.6 Å². The second-order valence-corrected chi connectivity index (χ2v) is 5.07. The Balaban J connectivity index is 2.29. The first kappa shape index (κ1) is 13.6. The van der Waals surface area contributed by atoms with Crippen LogP contribution in [0.1, 0.15) is 50.6 Å². The van der Waals surface area contributed by atoms with Gasteiger partial charge in [0.2, 0.25) is 0 Å².